The smallest absolute Gasteiger partial charge is 0.334 e. The molecule has 1 atom stereocenters. The summed E-state index contributed by atoms with van der Waals surface area (Å²) in [6.07, 6.45) is 1.16. The van der Waals surface area contributed by atoms with Crippen LogP contribution in [0.3, 0.4) is 0 Å². The normalized spacial score (nSPS) is 21.4. The van der Waals surface area contributed by atoms with E-state index in [1.807, 2.05) is 6.92 Å². The predicted octanol–water partition coefficient (Wildman–Crippen LogP) is 0.742. The first-order valence-corrected chi connectivity index (χ1v) is 5.78. The van der Waals surface area contributed by atoms with Crippen molar-refractivity contribution in [1.82, 2.24) is 9.80 Å². The van der Waals surface area contributed by atoms with E-state index in [1.165, 1.54) is 0 Å². The van der Waals surface area contributed by atoms with Crippen molar-refractivity contribution in [2.45, 2.75) is 19.4 Å². The summed E-state index contributed by atoms with van der Waals surface area (Å²) < 4.78 is 4.91. The minimum Gasteiger partial charge on any atom is -0.463 e. The Morgan fingerprint density at radius 1 is 1.56 bits per heavy atom. The Bertz CT molecular complexity index is 264. The van der Waals surface area contributed by atoms with Gasteiger partial charge in [-0.25, -0.2) is 4.79 Å². The van der Waals surface area contributed by atoms with Crippen LogP contribution in [-0.4, -0.2) is 62.1 Å². The number of hydrogen-bond acceptors (Lipinski definition) is 4. The molecule has 0 spiro atoms. The van der Waals surface area contributed by atoms with Crippen LogP contribution in [-0.2, 0) is 9.53 Å². The van der Waals surface area contributed by atoms with Crippen molar-refractivity contribution in [3.05, 3.63) is 12.2 Å². The predicted molar refractivity (Wildman–Crippen MR) is 64.3 cm³/mol. The van der Waals surface area contributed by atoms with E-state index in [1.54, 1.807) is 0 Å². The van der Waals surface area contributed by atoms with Gasteiger partial charge < -0.3 is 9.64 Å². The summed E-state index contributed by atoms with van der Waals surface area (Å²) in [5.41, 5.74) is 0.557. The maximum Gasteiger partial charge on any atom is 0.334 e. The zero-order valence-corrected chi connectivity index (χ0v) is 10.5. The van der Waals surface area contributed by atoms with E-state index in [0.717, 1.165) is 19.5 Å². The zero-order valence-electron chi connectivity index (χ0n) is 10.5. The molecular formula is C12H22N2O2. The van der Waals surface area contributed by atoms with Crippen LogP contribution in [0.15, 0.2) is 12.2 Å². The molecule has 0 radical (unpaired) electrons. The lowest BCUT2D eigenvalue weighted by atomic mass is 10.2. The van der Waals surface area contributed by atoms with Crippen molar-refractivity contribution >= 4 is 5.97 Å². The second-order valence-electron chi connectivity index (χ2n) is 4.47. The number of carbonyl (C=O) groups is 1. The van der Waals surface area contributed by atoms with Gasteiger partial charge in [0.15, 0.2) is 0 Å². The van der Waals surface area contributed by atoms with Gasteiger partial charge in [0.1, 0.15) is 0 Å². The van der Waals surface area contributed by atoms with Gasteiger partial charge in [0, 0.05) is 31.2 Å². The molecule has 0 amide bonds. The summed E-state index contributed by atoms with van der Waals surface area (Å²) in [5.74, 6) is -0.268. The maximum absolute atomic E-state index is 11.4. The van der Waals surface area contributed by atoms with E-state index in [4.69, 9.17) is 4.74 Å². The van der Waals surface area contributed by atoms with Gasteiger partial charge in [-0.05, 0) is 27.4 Å². The highest BCUT2D eigenvalue weighted by molar-refractivity contribution is 5.88. The van der Waals surface area contributed by atoms with E-state index < -0.39 is 0 Å². The molecule has 0 aromatic carbocycles. The van der Waals surface area contributed by atoms with E-state index in [9.17, 15) is 4.79 Å². The Hall–Kier alpha value is -0.870. The molecule has 1 rings (SSSR count). The SMILES string of the molecule is C=C(CN1CCC(N(C)C)C1)C(=O)OCC. The molecule has 1 aliphatic rings. The molecule has 0 saturated carbocycles. The van der Waals surface area contributed by atoms with Crippen LogP contribution < -0.4 is 0 Å². The standard InChI is InChI=1S/C12H22N2O2/c1-5-16-12(15)10(2)8-14-7-6-11(9-14)13(3)4/h11H,2,5-9H2,1,3-4H3. The summed E-state index contributed by atoms with van der Waals surface area (Å²) in [6.45, 7) is 8.66. The molecule has 0 N–H and O–H groups in total. The number of rotatable bonds is 5. The third-order valence-corrected chi connectivity index (χ3v) is 2.96. The van der Waals surface area contributed by atoms with Gasteiger partial charge in [0.25, 0.3) is 0 Å². The van der Waals surface area contributed by atoms with Gasteiger partial charge >= 0.3 is 5.97 Å². The Kier molecular flexibility index (Phi) is 4.96. The van der Waals surface area contributed by atoms with Crippen molar-refractivity contribution in [2.75, 3.05) is 40.3 Å². The van der Waals surface area contributed by atoms with Crippen LogP contribution in [0.2, 0.25) is 0 Å². The minimum absolute atomic E-state index is 0.268. The van der Waals surface area contributed by atoms with Crippen molar-refractivity contribution in [1.29, 1.82) is 0 Å². The van der Waals surface area contributed by atoms with Crippen LogP contribution in [0.4, 0.5) is 0 Å². The van der Waals surface area contributed by atoms with Gasteiger partial charge in [0.05, 0.1) is 6.61 Å². The lowest BCUT2D eigenvalue weighted by Crippen LogP contribution is -2.33. The lowest BCUT2D eigenvalue weighted by molar-refractivity contribution is -0.138. The number of nitrogens with zero attached hydrogens (tertiary/aromatic N) is 2. The van der Waals surface area contributed by atoms with E-state index in [-0.39, 0.29) is 5.97 Å². The minimum atomic E-state index is -0.268. The highest BCUT2D eigenvalue weighted by atomic mass is 16.5. The van der Waals surface area contributed by atoms with Crippen LogP contribution >= 0.6 is 0 Å². The monoisotopic (exact) mass is 226 g/mol. The summed E-state index contributed by atoms with van der Waals surface area (Å²) in [4.78, 5) is 15.9. The fraction of sp³-hybridized carbons (Fsp3) is 0.750. The van der Waals surface area contributed by atoms with E-state index in [2.05, 4.69) is 30.5 Å². The first-order valence-electron chi connectivity index (χ1n) is 5.78. The van der Waals surface area contributed by atoms with Gasteiger partial charge in [-0.15, -0.1) is 0 Å². The van der Waals surface area contributed by atoms with Crippen LogP contribution in [0.1, 0.15) is 13.3 Å². The molecule has 1 fully saturated rings. The quantitative estimate of drug-likeness (QED) is 0.511. The van der Waals surface area contributed by atoms with Gasteiger partial charge in [-0.3, -0.25) is 4.90 Å². The number of hydrogen-bond donors (Lipinski definition) is 0. The summed E-state index contributed by atoms with van der Waals surface area (Å²) in [6, 6.07) is 0.593. The summed E-state index contributed by atoms with van der Waals surface area (Å²) in [7, 11) is 4.18. The molecule has 4 nitrogen and oxygen atoms in total. The molecule has 1 saturated heterocycles. The summed E-state index contributed by atoms with van der Waals surface area (Å²) in [5, 5.41) is 0. The number of esters is 1. The van der Waals surface area contributed by atoms with Crippen molar-refractivity contribution in [3.63, 3.8) is 0 Å². The van der Waals surface area contributed by atoms with Gasteiger partial charge in [-0.2, -0.15) is 0 Å². The molecule has 92 valence electrons. The molecule has 1 unspecified atom stereocenters. The molecule has 4 heteroatoms. The molecule has 0 aliphatic carbocycles. The van der Waals surface area contributed by atoms with Gasteiger partial charge in [-0.1, -0.05) is 6.58 Å². The number of likely N-dealkylation sites (N-methyl/N-ethyl adjacent to an activating group) is 1. The number of ether oxygens (including phenoxy) is 1. The first kappa shape index (κ1) is 13.2. The summed E-state index contributed by atoms with van der Waals surface area (Å²) >= 11 is 0. The first-order chi connectivity index (χ1) is 7.54. The molecule has 0 aromatic heterocycles. The van der Waals surface area contributed by atoms with Crippen LogP contribution in [0.5, 0.6) is 0 Å². The molecule has 16 heavy (non-hydrogen) atoms. The number of likely N-dealkylation sites (tertiary alicyclic amines) is 1. The second-order valence-corrected chi connectivity index (χ2v) is 4.47. The molecule has 0 bridgehead atoms. The van der Waals surface area contributed by atoms with E-state index >= 15 is 0 Å². The third-order valence-electron chi connectivity index (χ3n) is 2.96. The second kappa shape index (κ2) is 6.01. The van der Waals surface area contributed by atoms with Crippen LogP contribution in [0, 0.1) is 0 Å². The molecule has 1 heterocycles. The van der Waals surface area contributed by atoms with Crippen molar-refractivity contribution < 1.29 is 9.53 Å². The lowest BCUT2D eigenvalue weighted by Gasteiger charge is -2.20. The molecule has 0 aromatic rings. The zero-order chi connectivity index (χ0) is 12.1. The Labute approximate surface area is 97.9 Å². The topological polar surface area (TPSA) is 32.8 Å². The maximum atomic E-state index is 11.4. The van der Waals surface area contributed by atoms with E-state index in [0.29, 0.717) is 24.8 Å². The Morgan fingerprint density at radius 2 is 2.25 bits per heavy atom. The molecule has 1 aliphatic heterocycles. The molecular weight excluding hydrogens is 204 g/mol. The van der Waals surface area contributed by atoms with Gasteiger partial charge in [0.2, 0.25) is 0 Å². The fourth-order valence-electron chi connectivity index (χ4n) is 1.94. The van der Waals surface area contributed by atoms with Crippen molar-refractivity contribution in [3.8, 4) is 0 Å². The fourth-order valence-corrected chi connectivity index (χ4v) is 1.94. The third kappa shape index (κ3) is 3.61. The highest BCUT2D eigenvalue weighted by Crippen LogP contribution is 2.14. The Balaban J connectivity index is 2.34. The average Bonchev–Trinajstić information content (AvgIpc) is 2.66. The number of carbonyl (C=O) groups excluding carboxylic acids is 1. The highest BCUT2D eigenvalue weighted by Gasteiger charge is 2.25. The van der Waals surface area contributed by atoms with Crippen LogP contribution in [0.25, 0.3) is 0 Å². The van der Waals surface area contributed by atoms with Crippen molar-refractivity contribution in [2.24, 2.45) is 0 Å². The average molecular weight is 226 g/mol. The Morgan fingerprint density at radius 3 is 2.75 bits per heavy atom. The largest absolute Gasteiger partial charge is 0.463 e.